The van der Waals surface area contributed by atoms with Crippen molar-refractivity contribution < 1.29 is 4.74 Å². The van der Waals surface area contributed by atoms with Gasteiger partial charge in [0.1, 0.15) is 5.75 Å². The molecular formula is C18H32N2O. The lowest BCUT2D eigenvalue weighted by Crippen LogP contribution is -2.20. The second kappa shape index (κ2) is 9.80. The van der Waals surface area contributed by atoms with Gasteiger partial charge in [-0.3, -0.25) is 0 Å². The zero-order valence-corrected chi connectivity index (χ0v) is 14.4. The average Bonchev–Trinajstić information content (AvgIpc) is 2.46. The van der Waals surface area contributed by atoms with Gasteiger partial charge >= 0.3 is 0 Å². The molecule has 0 aliphatic rings. The predicted molar refractivity (Wildman–Crippen MR) is 90.8 cm³/mol. The Kier molecular flexibility index (Phi) is 8.40. The molecule has 0 aliphatic heterocycles. The van der Waals surface area contributed by atoms with Crippen molar-refractivity contribution in [3.8, 4) is 5.75 Å². The van der Waals surface area contributed by atoms with Crippen LogP contribution in [0.3, 0.4) is 0 Å². The highest BCUT2D eigenvalue weighted by atomic mass is 16.5. The van der Waals surface area contributed by atoms with E-state index in [4.69, 9.17) is 4.74 Å². The van der Waals surface area contributed by atoms with Crippen LogP contribution in [0.15, 0.2) is 18.2 Å². The lowest BCUT2D eigenvalue weighted by Gasteiger charge is -2.18. The minimum atomic E-state index is 0.669. The Morgan fingerprint density at radius 3 is 2.67 bits per heavy atom. The van der Waals surface area contributed by atoms with Crippen molar-refractivity contribution in [2.24, 2.45) is 5.92 Å². The summed E-state index contributed by atoms with van der Waals surface area (Å²) < 4.78 is 5.55. The molecule has 0 bridgehead atoms. The Bertz CT molecular complexity index is 404. The first-order valence-electron chi connectivity index (χ1n) is 8.11. The molecule has 0 fully saturated rings. The topological polar surface area (TPSA) is 24.5 Å². The first-order chi connectivity index (χ1) is 10.1. The normalized spacial score (nSPS) is 11.4. The number of ether oxygens (including phenoxy) is 1. The van der Waals surface area contributed by atoms with Crippen LogP contribution in [0.1, 0.15) is 44.7 Å². The molecule has 21 heavy (non-hydrogen) atoms. The number of nitrogens with one attached hydrogen (secondary N) is 1. The molecule has 1 N–H and O–H groups in total. The van der Waals surface area contributed by atoms with Gasteiger partial charge in [-0.25, -0.2) is 0 Å². The van der Waals surface area contributed by atoms with Gasteiger partial charge in [-0.1, -0.05) is 39.3 Å². The highest BCUT2D eigenvalue weighted by molar-refractivity contribution is 5.37. The van der Waals surface area contributed by atoms with E-state index in [1.807, 2.05) is 0 Å². The van der Waals surface area contributed by atoms with Gasteiger partial charge < -0.3 is 15.0 Å². The summed E-state index contributed by atoms with van der Waals surface area (Å²) in [4.78, 5) is 2.37. The molecule has 1 rings (SSSR count). The molecule has 1 aromatic rings. The molecule has 0 atom stereocenters. The summed E-state index contributed by atoms with van der Waals surface area (Å²) in [5.74, 6) is 1.66. The average molecular weight is 292 g/mol. The van der Waals surface area contributed by atoms with Crippen molar-refractivity contribution in [3.63, 3.8) is 0 Å². The molecular weight excluding hydrogens is 260 g/mol. The van der Waals surface area contributed by atoms with Crippen molar-refractivity contribution in [2.75, 3.05) is 27.2 Å². The van der Waals surface area contributed by atoms with Crippen LogP contribution in [0.5, 0.6) is 5.75 Å². The standard InChI is InChI=1S/C18H32N2O/c1-6-7-10-20(4)14-16-8-9-17(18(11-16)21-5)13-19-12-15(2)3/h8-9,11,15,19H,6-7,10,12-14H2,1-5H3. The zero-order chi connectivity index (χ0) is 15.7. The molecule has 0 saturated carbocycles. The zero-order valence-electron chi connectivity index (χ0n) is 14.4. The van der Waals surface area contributed by atoms with Gasteiger partial charge in [0.15, 0.2) is 0 Å². The van der Waals surface area contributed by atoms with Gasteiger partial charge in [0, 0.05) is 18.7 Å². The maximum Gasteiger partial charge on any atom is 0.123 e. The number of rotatable bonds is 10. The summed E-state index contributed by atoms with van der Waals surface area (Å²) >= 11 is 0. The predicted octanol–water partition coefficient (Wildman–Crippen LogP) is 3.67. The van der Waals surface area contributed by atoms with Crippen molar-refractivity contribution in [3.05, 3.63) is 29.3 Å². The number of nitrogens with zero attached hydrogens (tertiary/aromatic N) is 1. The minimum absolute atomic E-state index is 0.669. The van der Waals surface area contributed by atoms with Gasteiger partial charge in [0.05, 0.1) is 7.11 Å². The second-order valence-electron chi connectivity index (χ2n) is 6.26. The van der Waals surface area contributed by atoms with E-state index < -0.39 is 0 Å². The summed E-state index contributed by atoms with van der Waals surface area (Å²) in [5, 5.41) is 3.47. The number of benzene rings is 1. The highest BCUT2D eigenvalue weighted by Gasteiger charge is 2.06. The van der Waals surface area contributed by atoms with Crippen LogP contribution in [-0.2, 0) is 13.1 Å². The molecule has 0 aromatic heterocycles. The van der Waals surface area contributed by atoms with Crippen LogP contribution >= 0.6 is 0 Å². The van der Waals surface area contributed by atoms with Gasteiger partial charge in [-0.05, 0) is 44.1 Å². The summed E-state index contributed by atoms with van der Waals surface area (Å²) in [6.07, 6.45) is 2.50. The van der Waals surface area contributed by atoms with E-state index in [0.717, 1.165) is 31.9 Å². The monoisotopic (exact) mass is 292 g/mol. The maximum atomic E-state index is 5.55. The summed E-state index contributed by atoms with van der Waals surface area (Å²) in [6.45, 7) is 10.7. The van der Waals surface area contributed by atoms with Gasteiger partial charge in [-0.15, -0.1) is 0 Å². The number of methoxy groups -OCH3 is 1. The van der Waals surface area contributed by atoms with Crippen LogP contribution in [0, 0.1) is 5.92 Å². The van der Waals surface area contributed by atoms with Crippen LogP contribution < -0.4 is 10.1 Å². The number of unbranched alkanes of at least 4 members (excludes halogenated alkanes) is 1. The Morgan fingerprint density at radius 2 is 2.05 bits per heavy atom. The van der Waals surface area contributed by atoms with Gasteiger partial charge in [-0.2, -0.15) is 0 Å². The van der Waals surface area contributed by atoms with Crippen LogP contribution in [0.2, 0.25) is 0 Å². The van der Waals surface area contributed by atoms with Gasteiger partial charge in [0.25, 0.3) is 0 Å². The summed E-state index contributed by atoms with van der Waals surface area (Å²) in [7, 11) is 3.94. The van der Waals surface area contributed by atoms with Crippen molar-refractivity contribution in [1.29, 1.82) is 0 Å². The fraction of sp³-hybridized carbons (Fsp3) is 0.667. The fourth-order valence-electron chi connectivity index (χ4n) is 2.35. The highest BCUT2D eigenvalue weighted by Crippen LogP contribution is 2.21. The lowest BCUT2D eigenvalue weighted by molar-refractivity contribution is 0.320. The van der Waals surface area contributed by atoms with E-state index in [9.17, 15) is 0 Å². The first kappa shape index (κ1) is 18.0. The van der Waals surface area contributed by atoms with Crippen molar-refractivity contribution >= 4 is 0 Å². The van der Waals surface area contributed by atoms with E-state index in [1.165, 1.54) is 24.0 Å². The maximum absolute atomic E-state index is 5.55. The molecule has 0 spiro atoms. The summed E-state index contributed by atoms with van der Waals surface area (Å²) in [5.41, 5.74) is 2.55. The third-order valence-corrected chi connectivity index (χ3v) is 3.57. The van der Waals surface area contributed by atoms with Crippen molar-refractivity contribution in [1.82, 2.24) is 10.2 Å². The molecule has 3 nitrogen and oxygen atoms in total. The molecule has 0 unspecified atom stereocenters. The molecule has 0 amide bonds. The van der Waals surface area contributed by atoms with Crippen LogP contribution in [0.25, 0.3) is 0 Å². The van der Waals surface area contributed by atoms with E-state index in [-0.39, 0.29) is 0 Å². The van der Waals surface area contributed by atoms with E-state index >= 15 is 0 Å². The molecule has 0 saturated heterocycles. The quantitative estimate of drug-likeness (QED) is 0.712. The molecule has 3 heteroatoms. The molecule has 0 aliphatic carbocycles. The Morgan fingerprint density at radius 1 is 1.29 bits per heavy atom. The van der Waals surface area contributed by atoms with Crippen molar-refractivity contribution in [2.45, 2.75) is 46.7 Å². The van der Waals surface area contributed by atoms with Crippen LogP contribution in [0.4, 0.5) is 0 Å². The Balaban J connectivity index is 2.60. The van der Waals surface area contributed by atoms with E-state index in [1.54, 1.807) is 7.11 Å². The summed E-state index contributed by atoms with van der Waals surface area (Å²) in [6, 6.07) is 6.58. The molecule has 0 radical (unpaired) electrons. The van der Waals surface area contributed by atoms with Gasteiger partial charge in [0.2, 0.25) is 0 Å². The van der Waals surface area contributed by atoms with E-state index in [0.29, 0.717) is 5.92 Å². The second-order valence-corrected chi connectivity index (χ2v) is 6.26. The first-order valence-corrected chi connectivity index (χ1v) is 8.11. The lowest BCUT2D eigenvalue weighted by atomic mass is 10.1. The van der Waals surface area contributed by atoms with E-state index in [2.05, 4.69) is 56.2 Å². The number of hydrogen-bond acceptors (Lipinski definition) is 3. The fourth-order valence-corrected chi connectivity index (χ4v) is 2.35. The molecule has 0 heterocycles. The Labute approximate surface area is 130 Å². The molecule has 120 valence electrons. The van der Waals surface area contributed by atoms with Crippen LogP contribution in [-0.4, -0.2) is 32.1 Å². The largest absolute Gasteiger partial charge is 0.496 e. The SMILES string of the molecule is CCCCN(C)Cc1ccc(CNCC(C)C)c(OC)c1. The smallest absolute Gasteiger partial charge is 0.123 e. The number of hydrogen-bond donors (Lipinski definition) is 1. The third-order valence-electron chi connectivity index (χ3n) is 3.57. The third kappa shape index (κ3) is 6.96. The molecule has 1 aromatic carbocycles. The Hall–Kier alpha value is -1.06. The minimum Gasteiger partial charge on any atom is -0.496 e.